The zero-order valence-electron chi connectivity index (χ0n) is 17.2. The van der Waals surface area contributed by atoms with Crippen molar-refractivity contribution in [2.24, 2.45) is 5.92 Å². The predicted molar refractivity (Wildman–Crippen MR) is 108 cm³/mol. The van der Waals surface area contributed by atoms with E-state index < -0.39 is 0 Å². The lowest BCUT2D eigenvalue weighted by atomic mass is 9.98. The molecule has 28 heavy (non-hydrogen) atoms. The summed E-state index contributed by atoms with van der Waals surface area (Å²) in [6, 6.07) is 6.54. The Hall–Kier alpha value is -1.92. The van der Waals surface area contributed by atoms with Crippen LogP contribution in [0.4, 0.5) is 5.69 Å². The van der Waals surface area contributed by atoms with Crippen molar-refractivity contribution in [3.8, 4) is 0 Å². The summed E-state index contributed by atoms with van der Waals surface area (Å²) in [5.74, 6) is -0.0164. The number of carbonyl (C=O) groups is 2. The molecule has 0 saturated carbocycles. The van der Waals surface area contributed by atoms with Crippen LogP contribution in [0.25, 0.3) is 0 Å². The monoisotopic (exact) mass is 385 g/mol. The Balaban J connectivity index is 1.30. The number of carbonyl (C=O) groups excluding carboxylic acids is 2. The quantitative estimate of drug-likeness (QED) is 0.795. The number of likely N-dealkylation sites (tertiary alicyclic amines) is 2. The Morgan fingerprint density at radius 3 is 2.43 bits per heavy atom. The predicted octanol–water partition coefficient (Wildman–Crippen LogP) is 1.98. The fourth-order valence-electron chi connectivity index (χ4n) is 4.62. The van der Waals surface area contributed by atoms with Crippen LogP contribution in [0.2, 0.25) is 0 Å². The number of rotatable bonds is 4. The lowest BCUT2D eigenvalue weighted by Gasteiger charge is -2.48. The maximum atomic E-state index is 12.9. The second-order valence-corrected chi connectivity index (χ2v) is 8.54. The molecular formula is C22H31N3O3. The van der Waals surface area contributed by atoms with Gasteiger partial charge in [-0.1, -0.05) is 6.07 Å². The van der Waals surface area contributed by atoms with E-state index in [2.05, 4.69) is 18.7 Å². The van der Waals surface area contributed by atoms with Crippen molar-refractivity contribution < 1.29 is 14.3 Å². The standard InChI is InChI=1S/C22H31N3O3/c1-15-4-5-18(10-16(15)2)25-12-17(11-21(25)26)22(27)24-13-19(14-24)23-8-6-20(28-3)7-9-23/h4-5,10,17,19-20H,6-9,11-14H2,1-3H3. The smallest absolute Gasteiger partial charge is 0.228 e. The third kappa shape index (κ3) is 3.67. The highest BCUT2D eigenvalue weighted by Gasteiger charge is 2.42. The Bertz CT molecular complexity index is 751. The van der Waals surface area contributed by atoms with Gasteiger partial charge in [0.1, 0.15) is 0 Å². The van der Waals surface area contributed by atoms with E-state index in [4.69, 9.17) is 4.74 Å². The molecule has 152 valence electrons. The lowest BCUT2D eigenvalue weighted by Crippen LogP contribution is -2.63. The number of ether oxygens (including phenoxy) is 1. The van der Waals surface area contributed by atoms with Gasteiger partial charge in [0.05, 0.1) is 12.0 Å². The molecule has 1 aromatic carbocycles. The van der Waals surface area contributed by atoms with Gasteiger partial charge in [-0.25, -0.2) is 0 Å². The van der Waals surface area contributed by atoms with E-state index in [1.807, 2.05) is 23.1 Å². The Morgan fingerprint density at radius 2 is 1.79 bits per heavy atom. The maximum absolute atomic E-state index is 12.9. The second-order valence-electron chi connectivity index (χ2n) is 8.54. The first-order chi connectivity index (χ1) is 13.5. The largest absolute Gasteiger partial charge is 0.381 e. The number of benzene rings is 1. The number of amides is 2. The SMILES string of the molecule is COC1CCN(C2CN(C(=O)C3CC(=O)N(c4ccc(C)c(C)c4)C3)C2)CC1. The number of nitrogens with zero attached hydrogens (tertiary/aromatic N) is 3. The van der Waals surface area contributed by atoms with Crippen LogP contribution in [0.3, 0.4) is 0 Å². The molecule has 3 aliphatic rings. The molecule has 0 radical (unpaired) electrons. The molecule has 0 spiro atoms. The third-order valence-corrected chi connectivity index (χ3v) is 6.78. The summed E-state index contributed by atoms with van der Waals surface area (Å²) in [6.45, 7) is 8.31. The summed E-state index contributed by atoms with van der Waals surface area (Å²) in [5, 5.41) is 0. The van der Waals surface area contributed by atoms with Crippen molar-refractivity contribution in [3.63, 3.8) is 0 Å². The molecule has 6 heteroatoms. The number of hydrogen-bond acceptors (Lipinski definition) is 4. The summed E-state index contributed by atoms with van der Waals surface area (Å²) >= 11 is 0. The molecule has 6 nitrogen and oxygen atoms in total. The van der Waals surface area contributed by atoms with Crippen LogP contribution >= 0.6 is 0 Å². The van der Waals surface area contributed by atoms with Gasteiger partial charge >= 0.3 is 0 Å². The first kappa shape index (κ1) is 19.4. The zero-order chi connectivity index (χ0) is 19.8. The van der Waals surface area contributed by atoms with E-state index in [9.17, 15) is 9.59 Å². The van der Waals surface area contributed by atoms with E-state index in [1.165, 1.54) is 11.1 Å². The molecule has 3 heterocycles. The van der Waals surface area contributed by atoms with E-state index in [0.717, 1.165) is 44.7 Å². The highest BCUT2D eigenvalue weighted by molar-refractivity contribution is 6.00. The molecule has 0 bridgehead atoms. The van der Waals surface area contributed by atoms with Gasteiger partial charge in [0.15, 0.2) is 0 Å². The van der Waals surface area contributed by atoms with Gasteiger partial charge in [0.25, 0.3) is 0 Å². The molecule has 2 amide bonds. The Morgan fingerprint density at radius 1 is 1.07 bits per heavy atom. The third-order valence-electron chi connectivity index (χ3n) is 6.78. The number of aryl methyl sites for hydroxylation is 2. The van der Waals surface area contributed by atoms with Gasteiger partial charge in [-0.3, -0.25) is 14.5 Å². The minimum absolute atomic E-state index is 0.0558. The van der Waals surface area contributed by atoms with Crippen LogP contribution in [-0.4, -0.2) is 73.6 Å². The molecule has 3 saturated heterocycles. The van der Waals surface area contributed by atoms with Crippen LogP contribution < -0.4 is 4.90 Å². The summed E-state index contributed by atoms with van der Waals surface area (Å²) < 4.78 is 5.44. The Kier molecular flexibility index (Phi) is 5.43. The molecule has 0 N–H and O–H groups in total. The van der Waals surface area contributed by atoms with Gasteiger partial charge in [-0.15, -0.1) is 0 Å². The van der Waals surface area contributed by atoms with Crippen molar-refractivity contribution in [1.29, 1.82) is 0 Å². The van der Waals surface area contributed by atoms with Crippen LogP contribution in [0.5, 0.6) is 0 Å². The lowest BCUT2D eigenvalue weighted by molar-refractivity contribution is -0.143. The molecule has 3 fully saturated rings. The van der Waals surface area contributed by atoms with Gasteiger partial charge in [-0.2, -0.15) is 0 Å². The number of anilines is 1. The molecule has 0 aliphatic carbocycles. The fourth-order valence-corrected chi connectivity index (χ4v) is 4.62. The minimum Gasteiger partial charge on any atom is -0.381 e. The van der Waals surface area contributed by atoms with Crippen LogP contribution in [-0.2, 0) is 14.3 Å². The average molecular weight is 386 g/mol. The zero-order valence-corrected chi connectivity index (χ0v) is 17.2. The van der Waals surface area contributed by atoms with E-state index in [1.54, 1.807) is 12.0 Å². The van der Waals surface area contributed by atoms with Crippen molar-refractivity contribution in [2.45, 2.75) is 45.3 Å². The molecule has 0 aromatic heterocycles. The molecule has 4 rings (SSSR count). The van der Waals surface area contributed by atoms with Crippen LogP contribution in [0.15, 0.2) is 18.2 Å². The second kappa shape index (κ2) is 7.84. The molecule has 1 aromatic rings. The van der Waals surface area contributed by atoms with Crippen molar-refractivity contribution in [2.75, 3.05) is 44.7 Å². The van der Waals surface area contributed by atoms with Gasteiger partial charge < -0.3 is 14.5 Å². The van der Waals surface area contributed by atoms with Gasteiger partial charge in [-0.05, 0) is 49.9 Å². The topological polar surface area (TPSA) is 53.1 Å². The summed E-state index contributed by atoms with van der Waals surface area (Å²) in [7, 11) is 1.79. The normalized spacial score (nSPS) is 24.7. The van der Waals surface area contributed by atoms with Gasteiger partial charge in [0, 0.05) is 58.0 Å². The van der Waals surface area contributed by atoms with Crippen molar-refractivity contribution in [1.82, 2.24) is 9.80 Å². The van der Waals surface area contributed by atoms with E-state index in [0.29, 0.717) is 25.1 Å². The average Bonchev–Trinajstić information content (AvgIpc) is 3.05. The van der Waals surface area contributed by atoms with E-state index >= 15 is 0 Å². The first-order valence-corrected chi connectivity index (χ1v) is 10.4. The number of hydrogen-bond donors (Lipinski definition) is 0. The van der Waals surface area contributed by atoms with Crippen molar-refractivity contribution in [3.05, 3.63) is 29.3 Å². The number of methoxy groups -OCH3 is 1. The van der Waals surface area contributed by atoms with Crippen LogP contribution in [0.1, 0.15) is 30.4 Å². The summed E-state index contributed by atoms with van der Waals surface area (Å²) in [6.07, 6.45) is 2.85. The molecule has 3 aliphatic heterocycles. The summed E-state index contributed by atoms with van der Waals surface area (Å²) in [4.78, 5) is 31.6. The van der Waals surface area contributed by atoms with Crippen molar-refractivity contribution >= 4 is 17.5 Å². The number of piperidine rings is 1. The molecular weight excluding hydrogens is 354 g/mol. The maximum Gasteiger partial charge on any atom is 0.228 e. The van der Waals surface area contributed by atoms with Crippen LogP contribution in [0, 0.1) is 19.8 Å². The first-order valence-electron chi connectivity index (χ1n) is 10.4. The highest BCUT2D eigenvalue weighted by Crippen LogP contribution is 2.30. The molecule has 1 atom stereocenters. The van der Waals surface area contributed by atoms with E-state index in [-0.39, 0.29) is 17.7 Å². The highest BCUT2D eigenvalue weighted by atomic mass is 16.5. The van der Waals surface area contributed by atoms with Gasteiger partial charge in [0.2, 0.25) is 11.8 Å². The fraction of sp³-hybridized carbons (Fsp3) is 0.636. The minimum atomic E-state index is -0.214. The Labute approximate surface area is 167 Å². The molecule has 1 unspecified atom stereocenters. The summed E-state index contributed by atoms with van der Waals surface area (Å²) in [5.41, 5.74) is 3.29.